The number of phenols is 1. The van der Waals surface area contributed by atoms with Crippen molar-refractivity contribution in [3.63, 3.8) is 0 Å². The molecule has 2 aromatic carbocycles. The summed E-state index contributed by atoms with van der Waals surface area (Å²) in [6.07, 6.45) is 0. The van der Waals surface area contributed by atoms with E-state index in [1.165, 1.54) is 11.3 Å². The molecule has 0 aromatic heterocycles. The first-order chi connectivity index (χ1) is 8.66. The number of hydrogen-bond donors (Lipinski definition) is 1. The summed E-state index contributed by atoms with van der Waals surface area (Å²) in [6, 6.07) is 15.8. The Hall–Kier alpha value is -1.61. The Labute approximate surface area is 112 Å². The Bertz CT molecular complexity index is 525. The lowest BCUT2D eigenvalue weighted by Crippen LogP contribution is -2.10. The Morgan fingerprint density at radius 2 is 1.83 bits per heavy atom. The molecular formula is C15H17NOS. The fourth-order valence-electron chi connectivity index (χ4n) is 1.80. The molecule has 2 rings (SSSR count). The summed E-state index contributed by atoms with van der Waals surface area (Å²) in [5.41, 5.74) is 2.54. The van der Waals surface area contributed by atoms with E-state index in [1.54, 1.807) is 23.9 Å². The highest BCUT2D eigenvalue weighted by Gasteiger charge is 2.04. The first-order valence-corrected chi connectivity index (χ1v) is 6.82. The fraction of sp³-hybridized carbons (Fsp3) is 0.200. The third-order valence-electron chi connectivity index (χ3n) is 2.69. The zero-order valence-electron chi connectivity index (χ0n) is 10.6. The van der Waals surface area contributed by atoms with Gasteiger partial charge in [-0.1, -0.05) is 24.3 Å². The van der Waals surface area contributed by atoms with Crippen LogP contribution in [0.5, 0.6) is 5.75 Å². The third kappa shape index (κ3) is 3.20. The number of nitrogens with zero attached hydrogens (tertiary/aromatic N) is 1. The highest BCUT2D eigenvalue weighted by Crippen LogP contribution is 2.29. The minimum atomic E-state index is 0.320. The predicted molar refractivity (Wildman–Crippen MR) is 78.4 cm³/mol. The maximum absolute atomic E-state index is 9.43. The molecule has 18 heavy (non-hydrogen) atoms. The summed E-state index contributed by atoms with van der Waals surface area (Å²) in [4.78, 5) is 3.21. The topological polar surface area (TPSA) is 23.5 Å². The summed E-state index contributed by atoms with van der Waals surface area (Å²) in [7, 11) is 4.11. The second-order valence-electron chi connectivity index (χ2n) is 4.31. The molecule has 0 saturated carbocycles. The number of rotatable bonds is 4. The van der Waals surface area contributed by atoms with E-state index in [2.05, 4.69) is 43.3 Å². The van der Waals surface area contributed by atoms with E-state index in [9.17, 15) is 5.11 Å². The predicted octanol–water partition coefficient (Wildman–Crippen LogP) is 3.75. The molecule has 3 heteroatoms. The quantitative estimate of drug-likeness (QED) is 0.846. The molecule has 0 radical (unpaired) electrons. The van der Waals surface area contributed by atoms with Crippen LogP contribution in [-0.2, 0) is 5.75 Å². The van der Waals surface area contributed by atoms with Gasteiger partial charge in [0.2, 0.25) is 0 Å². The van der Waals surface area contributed by atoms with Gasteiger partial charge in [0.15, 0.2) is 0 Å². The Morgan fingerprint density at radius 1 is 1.06 bits per heavy atom. The molecule has 94 valence electrons. The average Bonchev–Trinajstić information content (AvgIpc) is 2.37. The number of para-hydroxylation sites is 1. The van der Waals surface area contributed by atoms with E-state index in [0.717, 1.165) is 10.6 Å². The van der Waals surface area contributed by atoms with Gasteiger partial charge in [0.05, 0.1) is 0 Å². The monoisotopic (exact) mass is 259 g/mol. The third-order valence-corrected chi connectivity index (χ3v) is 3.73. The van der Waals surface area contributed by atoms with Crippen molar-refractivity contribution in [3.05, 3.63) is 54.1 Å². The molecule has 0 bridgehead atoms. The molecule has 0 saturated heterocycles. The van der Waals surface area contributed by atoms with Crippen LogP contribution in [0, 0.1) is 0 Å². The van der Waals surface area contributed by atoms with E-state index in [-0.39, 0.29) is 0 Å². The average molecular weight is 259 g/mol. The van der Waals surface area contributed by atoms with Gasteiger partial charge in [-0.15, -0.1) is 11.8 Å². The molecule has 1 N–H and O–H groups in total. The van der Waals surface area contributed by atoms with Gasteiger partial charge in [0, 0.05) is 30.4 Å². The van der Waals surface area contributed by atoms with Gasteiger partial charge in [-0.05, 0) is 29.8 Å². The molecule has 2 nitrogen and oxygen atoms in total. The molecule has 2 aromatic rings. The Morgan fingerprint density at radius 3 is 2.56 bits per heavy atom. The van der Waals surface area contributed by atoms with Crippen LogP contribution in [0.3, 0.4) is 0 Å². The molecule has 0 aliphatic rings. The summed E-state index contributed by atoms with van der Waals surface area (Å²) in [6.45, 7) is 0. The number of anilines is 1. The molecule has 0 atom stereocenters. The van der Waals surface area contributed by atoms with Crippen molar-refractivity contribution in [2.24, 2.45) is 0 Å². The second-order valence-corrected chi connectivity index (χ2v) is 5.36. The molecular weight excluding hydrogens is 242 g/mol. The van der Waals surface area contributed by atoms with Crippen LogP contribution in [0.4, 0.5) is 5.69 Å². The van der Waals surface area contributed by atoms with Crippen molar-refractivity contribution in [2.75, 3.05) is 19.0 Å². The van der Waals surface area contributed by atoms with Crippen molar-refractivity contribution < 1.29 is 5.11 Å². The maximum Gasteiger partial charge on any atom is 0.116 e. The van der Waals surface area contributed by atoms with Crippen LogP contribution in [0.2, 0.25) is 0 Å². The first kappa shape index (κ1) is 12.8. The smallest absolute Gasteiger partial charge is 0.116 e. The molecule has 0 aliphatic heterocycles. The van der Waals surface area contributed by atoms with Gasteiger partial charge in [-0.2, -0.15) is 0 Å². The van der Waals surface area contributed by atoms with Crippen molar-refractivity contribution in [2.45, 2.75) is 10.6 Å². The van der Waals surface area contributed by atoms with Crippen molar-refractivity contribution in [1.29, 1.82) is 0 Å². The molecule has 0 aliphatic carbocycles. The minimum Gasteiger partial charge on any atom is -0.508 e. The highest BCUT2D eigenvalue weighted by atomic mass is 32.2. The Balaban J connectivity index is 2.11. The van der Waals surface area contributed by atoms with E-state index in [1.807, 2.05) is 12.1 Å². The van der Waals surface area contributed by atoms with Crippen LogP contribution >= 0.6 is 11.8 Å². The van der Waals surface area contributed by atoms with Gasteiger partial charge in [-0.25, -0.2) is 0 Å². The van der Waals surface area contributed by atoms with Crippen molar-refractivity contribution in [3.8, 4) is 5.75 Å². The molecule has 0 spiro atoms. The first-order valence-electron chi connectivity index (χ1n) is 5.84. The fourth-order valence-corrected chi connectivity index (χ4v) is 2.75. The van der Waals surface area contributed by atoms with Gasteiger partial charge in [-0.3, -0.25) is 0 Å². The lowest BCUT2D eigenvalue weighted by Gasteiger charge is -2.17. The number of benzene rings is 2. The summed E-state index contributed by atoms with van der Waals surface area (Å²) < 4.78 is 0. The van der Waals surface area contributed by atoms with E-state index >= 15 is 0 Å². The summed E-state index contributed by atoms with van der Waals surface area (Å²) in [5, 5.41) is 9.43. The minimum absolute atomic E-state index is 0.320. The summed E-state index contributed by atoms with van der Waals surface area (Å²) in [5.74, 6) is 1.22. The van der Waals surface area contributed by atoms with Gasteiger partial charge < -0.3 is 10.0 Å². The van der Waals surface area contributed by atoms with Crippen molar-refractivity contribution >= 4 is 17.4 Å². The van der Waals surface area contributed by atoms with E-state index < -0.39 is 0 Å². The van der Waals surface area contributed by atoms with Crippen molar-refractivity contribution in [1.82, 2.24) is 0 Å². The van der Waals surface area contributed by atoms with Crippen LogP contribution in [0.1, 0.15) is 5.56 Å². The zero-order valence-corrected chi connectivity index (χ0v) is 11.4. The van der Waals surface area contributed by atoms with Crippen LogP contribution in [0.15, 0.2) is 53.4 Å². The molecule has 0 fully saturated rings. The molecule has 0 amide bonds. The summed E-state index contributed by atoms with van der Waals surface area (Å²) >= 11 is 1.73. The van der Waals surface area contributed by atoms with Gasteiger partial charge in [0.25, 0.3) is 0 Å². The lowest BCUT2D eigenvalue weighted by molar-refractivity contribution is 0.474. The maximum atomic E-state index is 9.43. The van der Waals surface area contributed by atoms with Crippen LogP contribution in [-0.4, -0.2) is 19.2 Å². The highest BCUT2D eigenvalue weighted by molar-refractivity contribution is 7.98. The molecule has 0 heterocycles. The second kappa shape index (κ2) is 5.83. The van der Waals surface area contributed by atoms with Crippen LogP contribution in [0.25, 0.3) is 0 Å². The lowest BCUT2D eigenvalue weighted by atomic mass is 10.2. The number of aromatic hydroxyl groups is 1. The zero-order chi connectivity index (χ0) is 13.0. The largest absolute Gasteiger partial charge is 0.508 e. The number of phenolic OH excluding ortho intramolecular Hbond substituents is 1. The van der Waals surface area contributed by atoms with E-state index in [0.29, 0.717) is 5.75 Å². The van der Waals surface area contributed by atoms with E-state index in [4.69, 9.17) is 0 Å². The SMILES string of the molecule is CN(C)c1ccccc1CSc1cccc(O)c1. The van der Waals surface area contributed by atoms with Gasteiger partial charge >= 0.3 is 0 Å². The normalized spacial score (nSPS) is 10.3. The van der Waals surface area contributed by atoms with Gasteiger partial charge in [0.1, 0.15) is 5.75 Å². The Kier molecular flexibility index (Phi) is 4.15. The molecule has 0 unspecified atom stereocenters. The standard InChI is InChI=1S/C15H17NOS/c1-16(2)15-9-4-3-6-12(15)11-18-14-8-5-7-13(17)10-14/h3-10,17H,11H2,1-2H3. The number of thioether (sulfide) groups is 1. The van der Waals surface area contributed by atoms with Crippen LogP contribution < -0.4 is 4.90 Å². The number of hydrogen-bond acceptors (Lipinski definition) is 3.